The van der Waals surface area contributed by atoms with Gasteiger partial charge in [-0.25, -0.2) is 8.42 Å². The summed E-state index contributed by atoms with van der Waals surface area (Å²) in [5, 5.41) is 0.301. The summed E-state index contributed by atoms with van der Waals surface area (Å²) in [6, 6.07) is 11.2. The molecule has 106 valence electrons. The Kier molecular flexibility index (Phi) is 4.54. The summed E-state index contributed by atoms with van der Waals surface area (Å²) < 4.78 is 27.9. The van der Waals surface area contributed by atoms with Crippen LogP contribution in [0.2, 0.25) is 5.02 Å². The van der Waals surface area contributed by atoms with Crippen LogP contribution in [0.25, 0.3) is 0 Å². The van der Waals surface area contributed by atoms with E-state index in [0.29, 0.717) is 15.2 Å². The summed E-state index contributed by atoms with van der Waals surface area (Å²) >= 11 is 9.24. The molecule has 2 rings (SSSR count). The van der Waals surface area contributed by atoms with Crippen molar-refractivity contribution in [1.82, 2.24) is 0 Å². The van der Waals surface area contributed by atoms with Crippen molar-refractivity contribution in [2.75, 3.05) is 10.1 Å². The molecule has 2 aromatic carbocycles. The highest BCUT2D eigenvalue weighted by atomic mass is 79.9. The molecule has 0 aliphatic heterocycles. The molecule has 0 aromatic heterocycles. The van der Waals surface area contributed by atoms with E-state index in [1.54, 1.807) is 36.4 Å². The first-order chi connectivity index (χ1) is 9.44. The molecule has 5 nitrogen and oxygen atoms in total. The minimum Gasteiger partial charge on any atom is -0.323 e. The van der Waals surface area contributed by atoms with Gasteiger partial charge in [0.15, 0.2) is 0 Å². The van der Waals surface area contributed by atoms with Gasteiger partial charge in [-0.15, -0.1) is 0 Å². The molecule has 0 heterocycles. The van der Waals surface area contributed by atoms with Crippen molar-refractivity contribution < 1.29 is 8.42 Å². The van der Waals surface area contributed by atoms with E-state index in [1.807, 2.05) is 0 Å². The van der Waals surface area contributed by atoms with Gasteiger partial charge in [-0.3, -0.25) is 10.6 Å². The fourth-order valence-corrected chi connectivity index (χ4v) is 3.42. The second-order valence-corrected chi connectivity index (χ2v) is 6.84. The number of rotatable bonds is 4. The Bertz CT molecular complexity index is 737. The molecule has 0 saturated carbocycles. The molecule has 0 bridgehead atoms. The Morgan fingerprint density at radius 3 is 2.50 bits per heavy atom. The van der Waals surface area contributed by atoms with Crippen molar-refractivity contribution in [2.45, 2.75) is 4.90 Å². The third-order valence-electron chi connectivity index (χ3n) is 2.50. The molecule has 8 heteroatoms. The Morgan fingerprint density at radius 1 is 1.10 bits per heavy atom. The number of nitrogen functional groups attached to an aromatic ring is 1. The smallest absolute Gasteiger partial charge is 0.264 e. The summed E-state index contributed by atoms with van der Waals surface area (Å²) in [5.41, 5.74) is 2.93. The zero-order valence-corrected chi connectivity index (χ0v) is 13.3. The van der Waals surface area contributed by atoms with Gasteiger partial charge in [-0.2, -0.15) is 0 Å². The second kappa shape index (κ2) is 6.01. The van der Waals surface area contributed by atoms with E-state index in [1.165, 1.54) is 6.07 Å². The number of nitrogens with two attached hydrogens (primary N) is 1. The lowest BCUT2D eigenvalue weighted by Gasteiger charge is -2.12. The molecule has 0 amide bonds. The van der Waals surface area contributed by atoms with E-state index in [2.05, 4.69) is 26.1 Å². The third-order valence-corrected chi connectivity index (χ3v) is 4.75. The number of nitrogens with one attached hydrogen (secondary N) is 2. The molecule has 0 fully saturated rings. The lowest BCUT2D eigenvalue weighted by atomic mass is 10.3. The normalized spacial score (nSPS) is 11.2. The Hall–Kier alpha value is -1.28. The van der Waals surface area contributed by atoms with Crippen LogP contribution >= 0.6 is 27.5 Å². The van der Waals surface area contributed by atoms with Gasteiger partial charge in [-0.05, 0) is 30.3 Å². The maximum atomic E-state index is 12.4. The van der Waals surface area contributed by atoms with Gasteiger partial charge >= 0.3 is 0 Å². The number of hydrogen-bond donors (Lipinski definition) is 3. The molecular weight excluding hydrogens is 366 g/mol. The predicted molar refractivity (Wildman–Crippen MR) is 84.2 cm³/mol. The van der Waals surface area contributed by atoms with Crippen LogP contribution in [0.1, 0.15) is 0 Å². The van der Waals surface area contributed by atoms with Crippen molar-refractivity contribution in [3.63, 3.8) is 0 Å². The van der Waals surface area contributed by atoms with Crippen LogP contribution in [-0.2, 0) is 10.0 Å². The van der Waals surface area contributed by atoms with Gasteiger partial charge in [-0.1, -0.05) is 39.7 Å². The van der Waals surface area contributed by atoms with Crippen LogP contribution in [0.5, 0.6) is 0 Å². The van der Waals surface area contributed by atoms with E-state index in [4.69, 9.17) is 17.4 Å². The molecule has 4 N–H and O–H groups in total. The van der Waals surface area contributed by atoms with Crippen molar-refractivity contribution in [1.29, 1.82) is 0 Å². The molecule has 0 aliphatic carbocycles. The summed E-state index contributed by atoms with van der Waals surface area (Å²) in [6.45, 7) is 0. The molecule has 0 spiro atoms. The van der Waals surface area contributed by atoms with Crippen LogP contribution in [-0.4, -0.2) is 8.42 Å². The van der Waals surface area contributed by atoms with Gasteiger partial charge in [0.1, 0.15) is 4.90 Å². The molecule has 0 radical (unpaired) electrons. The molecule has 0 aliphatic rings. The number of para-hydroxylation sites is 1. The Balaban J connectivity index is 2.43. The van der Waals surface area contributed by atoms with Crippen LogP contribution in [0.15, 0.2) is 51.8 Å². The maximum Gasteiger partial charge on any atom is 0.264 e. The largest absolute Gasteiger partial charge is 0.323 e. The van der Waals surface area contributed by atoms with Gasteiger partial charge in [0.25, 0.3) is 10.0 Å². The highest BCUT2D eigenvalue weighted by Gasteiger charge is 2.19. The van der Waals surface area contributed by atoms with Crippen molar-refractivity contribution >= 4 is 48.9 Å². The van der Waals surface area contributed by atoms with Gasteiger partial charge in [0, 0.05) is 4.47 Å². The fourth-order valence-electron chi connectivity index (χ4n) is 1.60. The fraction of sp³-hybridized carbons (Fsp3) is 0. The molecule has 0 atom stereocenters. The first kappa shape index (κ1) is 15.1. The second-order valence-electron chi connectivity index (χ2n) is 3.87. The van der Waals surface area contributed by atoms with Gasteiger partial charge in [0.2, 0.25) is 0 Å². The summed E-state index contributed by atoms with van der Waals surface area (Å²) in [4.78, 5) is 0.0403. The van der Waals surface area contributed by atoms with Crippen LogP contribution in [0.4, 0.5) is 11.4 Å². The molecule has 0 saturated heterocycles. The number of halogens is 2. The van der Waals surface area contributed by atoms with Crippen LogP contribution < -0.4 is 16.0 Å². The molecular formula is C12H11BrClN3O2S. The van der Waals surface area contributed by atoms with Crippen molar-refractivity contribution in [3.8, 4) is 0 Å². The van der Waals surface area contributed by atoms with Crippen molar-refractivity contribution in [2.24, 2.45) is 5.84 Å². The quantitative estimate of drug-likeness (QED) is 0.565. The predicted octanol–water partition coefficient (Wildman–Crippen LogP) is 3.19. The zero-order valence-electron chi connectivity index (χ0n) is 10.1. The first-order valence-corrected chi connectivity index (χ1v) is 8.13. The first-order valence-electron chi connectivity index (χ1n) is 5.47. The Labute approximate surface area is 130 Å². The van der Waals surface area contributed by atoms with Crippen LogP contribution in [0, 0.1) is 0 Å². The minimum atomic E-state index is -3.79. The Morgan fingerprint density at radius 2 is 1.80 bits per heavy atom. The molecule has 0 unspecified atom stereocenters. The highest BCUT2D eigenvalue weighted by molar-refractivity contribution is 9.10. The van der Waals surface area contributed by atoms with Gasteiger partial charge < -0.3 is 5.43 Å². The lowest BCUT2D eigenvalue weighted by Crippen LogP contribution is -2.17. The number of benzene rings is 2. The maximum absolute atomic E-state index is 12.4. The highest BCUT2D eigenvalue weighted by Crippen LogP contribution is 2.29. The van der Waals surface area contributed by atoms with E-state index in [-0.39, 0.29) is 10.6 Å². The number of anilines is 2. The van der Waals surface area contributed by atoms with E-state index < -0.39 is 10.0 Å². The van der Waals surface area contributed by atoms with E-state index >= 15 is 0 Å². The average molecular weight is 377 g/mol. The lowest BCUT2D eigenvalue weighted by molar-refractivity contribution is 0.601. The third kappa shape index (κ3) is 3.24. The van der Waals surface area contributed by atoms with Crippen molar-refractivity contribution in [3.05, 3.63) is 52.0 Å². The summed E-state index contributed by atoms with van der Waals surface area (Å²) in [7, 11) is -3.79. The molecule has 2 aromatic rings. The number of hydrogen-bond acceptors (Lipinski definition) is 4. The topological polar surface area (TPSA) is 84.2 Å². The van der Waals surface area contributed by atoms with Crippen LogP contribution in [0.3, 0.4) is 0 Å². The standard InChI is InChI=1S/C12H11BrClN3O2S/c13-8-5-6-9(14)11(7-8)17-20(18,19)12-4-2-1-3-10(12)16-15/h1-7,16-17H,15H2. The number of hydrazine groups is 1. The molecule has 20 heavy (non-hydrogen) atoms. The number of sulfonamides is 1. The van der Waals surface area contributed by atoms with E-state index in [9.17, 15) is 8.42 Å². The SMILES string of the molecule is NNc1ccccc1S(=O)(=O)Nc1cc(Br)ccc1Cl. The van der Waals surface area contributed by atoms with E-state index in [0.717, 1.165) is 0 Å². The monoisotopic (exact) mass is 375 g/mol. The van der Waals surface area contributed by atoms with Gasteiger partial charge in [0.05, 0.1) is 16.4 Å². The average Bonchev–Trinajstić information content (AvgIpc) is 2.42. The summed E-state index contributed by atoms with van der Waals surface area (Å²) in [6.07, 6.45) is 0. The zero-order chi connectivity index (χ0) is 14.8. The summed E-state index contributed by atoms with van der Waals surface area (Å²) in [5.74, 6) is 5.32. The minimum absolute atomic E-state index is 0.0403.